The Morgan fingerprint density at radius 2 is 2.00 bits per heavy atom. The summed E-state index contributed by atoms with van der Waals surface area (Å²) in [6, 6.07) is 7.95. The second-order valence-corrected chi connectivity index (χ2v) is 9.98. The third-order valence-electron chi connectivity index (χ3n) is 4.32. The lowest BCUT2D eigenvalue weighted by molar-refractivity contribution is 0.309. The van der Waals surface area contributed by atoms with E-state index >= 15 is 0 Å². The van der Waals surface area contributed by atoms with Crippen LogP contribution in [0.2, 0.25) is 0 Å². The molecule has 0 amide bonds. The van der Waals surface area contributed by atoms with E-state index in [1.165, 1.54) is 21.9 Å². The summed E-state index contributed by atoms with van der Waals surface area (Å²) >= 11 is 4.91. The van der Waals surface area contributed by atoms with Crippen molar-refractivity contribution >= 4 is 42.3 Å². The van der Waals surface area contributed by atoms with Crippen molar-refractivity contribution in [2.45, 2.75) is 18.8 Å². The zero-order chi connectivity index (χ0) is 17.6. The fourth-order valence-corrected chi connectivity index (χ4v) is 5.08. The Morgan fingerprint density at radius 1 is 1.24 bits per heavy atom. The number of fused-ring (bicyclic) bond motifs is 1. The molecule has 2 aromatic heterocycles. The van der Waals surface area contributed by atoms with Crippen molar-refractivity contribution in [2.24, 2.45) is 0 Å². The van der Waals surface area contributed by atoms with Crippen molar-refractivity contribution in [3.63, 3.8) is 0 Å². The molecular weight excluding hydrogens is 426 g/mol. The molecule has 0 bridgehead atoms. The molecule has 0 spiro atoms. The third-order valence-corrected chi connectivity index (χ3v) is 7.07. The van der Waals surface area contributed by atoms with Crippen LogP contribution in [0.25, 0.3) is 15.5 Å². The van der Waals surface area contributed by atoms with Gasteiger partial charge in [-0.3, -0.25) is 0 Å². The molecule has 132 valence electrons. The SMILES string of the molecule is CS(=O)(=O)N1CCCC(c2nnc3sc(-c4ccc(Br)cc4)nn23)C1. The van der Waals surface area contributed by atoms with Gasteiger partial charge in [-0.1, -0.05) is 39.4 Å². The van der Waals surface area contributed by atoms with Crippen LogP contribution in [0.5, 0.6) is 0 Å². The first kappa shape index (κ1) is 17.1. The standard InChI is InChI=1S/C15H16BrN5O2S2/c1-25(22,23)20-8-2-3-11(9-20)13-17-18-15-21(13)19-14(24-15)10-4-6-12(16)7-5-10/h4-7,11H,2-3,8-9H2,1H3. The van der Waals surface area contributed by atoms with Gasteiger partial charge in [-0.25, -0.2) is 12.7 Å². The molecular formula is C15H16BrN5O2S2. The van der Waals surface area contributed by atoms with Gasteiger partial charge in [0, 0.05) is 29.0 Å². The third kappa shape index (κ3) is 3.35. The number of piperidine rings is 1. The molecule has 1 saturated heterocycles. The van der Waals surface area contributed by atoms with Crippen molar-refractivity contribution in [3.05, 3.63) is 34.6 Å². The Morgan fingerprint density at radius 3 is 2.72 bits per heavy atom. The molecule has 1 aliphatic heterocycles. The second kappa shape index (κ2) is 6.42. The van der Waals surface area contributed by atoms with E-state index in [2.05, 4.69) is 31.2 Å². The van der Waals surface area contributed by atoms with Crippen LogP contribution in [0.3, 0.4) is 0 Å². The quantitative estimate of drug-likeness (QED) is 0.623. The minimum atomic E-state index is -3.19. The molecule has 0 radical (unpaired) electrons. The van der Waals surface area contributed by atoms with Crippen LogP contribution in [0.1, 0.15) is 24.6 Å². The second-order valence-electron chi connectivity index (χ2n) is 6.13. The van der Waals surface area contributed by atoms with E-state index in [1.54, 1.807) is 4.52 Å². The van der Waals surface area contributed by atoms with Crippen molar-refractivity contribution in [3.8, 4) is 10.6 Å². The topological polar surface area (TPSA) is 80.5 Å². The van der Waals surface area contributed by atoms with Crippen LogP contribution in [0.15, 0.2) is 28.7 Å². The zero-order valence-corrected chi connectivity index (χ0v) is 16.7. The van der Waals surface area contributed by atoms with Crippen LogP contribution in [-0.4, -0.2) is 51.9 Å². The number of halogens is 1. The van der Waals surface area contributed by atoms with Gasteiger partial charge in [-0.05, 0) is 25.0 Å². The van der Waals surface area contributed by atoms with Crippen LogP contribution in [0, 0.1) is 0 Å². The van der Waals surface area contributed by atoms with Crippen molar-refractivity contribution < 1.29 is 8.42 Å². The average molecular weight is 442 g/mol. The zero-order valence-electron chi connectivity index (χ0n) is 13.5. The lowest BCUT2D eigenvalue weighted by atomic mass is 9.99. The van der Waals surface area contributed by atoms with Gasteiger partial charge in [0.05, 0.1) is 6.26 Å². The van der Waals surface area contributed by atoms with Crippen molar-refractivity contribution in [2.75, 3.05) is 19.3 Å². The predicted octanol–water partition coefficient (Wildman–Crippen LogP) is 2.75. The minimum Gasteiger partial charge on any atom is -0.213 e. The van der Waals surface area contributed by atoms with Crippen LogP contribution >= 0.6 is 27.3 Å². The van der Waals surface area contributed by atoms with Gasteiger partial charge in [0.2, 0.25) is 15.0 Å². The summed E-state index contributed by atoms with van der Waals surface area (Å²) in [6.07, 6.45) is 2.96. The van der Waals surface area contributed by atoms with E-state index in [1.807, 2.05) is 24.3 Å². The van der Waals surface area contributed by atoms with Gasteiger partial charge >= 0.3 is 0 Å². The number of sulfonamides is 1. The highest BCUT2D eigenvalue weighted by Gasteiger charge is 2.30. The molecule has 3 heterocycles. The first-order valence-electron chi connectivity index (χ1n) is 7.85. The molecule has 0 saturated carbocycles. The molecule has 1 aromatic carbocycles. The minimum absolute atomic E-state index is 0.0124. The van der Waals surface area contributed by atoms with Crippen LogP contribution in [0.4, 0.5) is 0 Å². The number of rotatable bonds is 3. The van der Waals surface area contributed by atoms with Gasteiger partial charge in [0.1, 0.15) is 5.01 Å². The maximum atomic E-state index is 11.8. The molecule has 3 aromatic rings. The first-order valence-corrected chi connectivity index (χ1v) is 11.3. The molecule has 4 rings (SSSR count). The Bertz CT molecular complexity index is 1010. The lowest BCUT2D eigenvalue weighted by Gasteiger charge is -2.29. The van der Waals surface area contributed by atoms with E-state index in [-0.39, 0.29) is 5.92 Å². The highest BCUT2D eigenvalue weighted by Crippen LogP contribution is 2.31. The van der Waals surface area contributed by atoms with Crippen molar-refractivity contribution in [1.29, 1.82) is 0 Å². The van der Waals surface area contributed by atoms with Gasteiger partial charge in [0.15, 0.2) is 5.82 Å². The van der Waals surface area contributed by atoms with Gasteiger partial charge < -0.3 is 0 Å². The smallest absolute Gasteiger partial charge is 0.213 e. The maximum Gasteiger partial charge on any atom is 0.234 e. The predicted molar refractivity (Wildman–Crippen MR) is 100 cm³/mol. The van der Waals surface area contributed by atoms with Crippen LogP contribution < -0.4 is 0 Å². The molecule has 1 aliphatic rings. The summed E-state index contributed by atoms with van der Waals surface area (Å²) in [5.41, 5.74) is 1.02. The highest BCUT2D eigenvalue weighted by molar-refractivity contribution is 9.10. The van der Waals surface area contributed by atoms with E-state index in [9.17, 15) is 8.42 Å². The van der Waals surface area contributed by atoms with Gasteiger partial charge in [0.25, 0.3) is 0 Å². The number of aromatic nitrogens is 4. The molecule has 25 heavy (non-hydrogen) atoms. The summed E-state index contributed by atoms with van der Waals surface area (Å²) < 4.78 is 28.0. The normalized spacial score (nSPS) is 19.5. The number of benzene rings is 1. The summed E-state index contributed by atoms with van der Waals surface area (Å²) in [4.78, 5) is 0.726. The van der Waals surface area contributed by atoms with Crippen molar-refractivity contribution in [1.82, 2.24) is 24.1 Å². The molecule has 7 nitrogen and oxygen atoms in total. The summed E-state index contributed by atoms with van der Waals surface area (Å²) in [6.45, 7) is 1.00. The Labute approximate surface area is 157 Å². The monoisotopic (exact) mass is 441 g/mol. The number of hydrogen-bond acceptors (Lipinski definition) is 6. The maximum absolute atomic E-state index is 11.8. The molecule has 1 atom stereocenters. The summed E-state index contributed by atoms with van der Waals surface area (Å²) in [5, 5.41) is 14.0. The Hall–Kier alpha value is -1.36. The van der Waals surface area contributed by atoms with Crippen LogP contribution in [-0.2, 0) is 10.0 Å². The van der Waals surface area contributed by atoms with E-state index < -0.39 is 10.0 Å². The number of nitrogens with zero attached hydrogens (tertiary/aromatic N) is 5. The fourth-order valence-electron chi connectivity index (χ4n) is 3.05. The molecule has 0 N–H and O–H groups in total. The fraction of sp³-hybridized carbons (Fsp3) is 0.400. The van der Waals surface area contributed by atoms with Gasteiger partial charge in [-0.2, -0.15) is 9.61 Å². The molecule has 10 heteroatoms. The summed E-state index contributed by atoms with van der Waals surface area (Å²) in [5.74, 6) is 0.751. The first-order chi connectivity index (χ1) is 11.9. The Balaban J connectivity index is 1.68. The molecule has 0 aliphatic carbocycles. The summed E-state index contributed by atoms with van der Waals surface area (Å²) in [7, 11) is -3.19. The largest absolute Gasteiger partial charge is 0.234 e. The number of hydrogen-bond donors (Lipinski definition) is 0. The highest BCUT2D eigenvalue weighted by atomic mass is 79.9. The van der Waals surface area contributed by atoms with E-state index in [0.29, 0.717) is 13.1 Å². The van der Waals surface area contributed by atoms with E-state index in [4.69, 9.17) is 0 Å². The van der Waals surface area contributed by atoms with E-state index in [0.717, 1.165) is 38.7 Å². The lowest BCUT2D eigenvalue weighted by Crippen LogP contribution is -2.38. The molecule has 1 unspecified atom stereocenters. The molecule has 1 fully saturated rings. The Kier molecular flexibility index (Phi) is 4.38. The average Bonchev–Trinajstić information content (AvgIpc) is 3.15. The van der Waals surface area contributed by atoms with Gasteiger partial charge in [-0.15, -0.1) is 10.2 Å².